The molecule has 0 spiro atoms. The summed E-state index contributed by atoms with van der Waals surface area (Å²) < 4.78 is 34.1. The molecule has 114 valence electrons. The highest BCUT2D eigenvalue weighted by molar-refractivity contribution is 7.79. The molecule has 8 nitrogen and oxygen atoms in total. The Morgan fingerprint density at radius 3 is 2.05 bits per heavy atom. The molecule has 19 heavy (non-hydrogen) atoms. The van der Waals surface area contributed by atoms with Gasteiger partial charge >= 0.3 is 0 Å². The minimum absolute atomic E-state index is 0.197. The largest absolute Gasteiger partial charge is 0.759 e. The number of rotatable bonds is 3. The number of guanidine groups is 1. The molecule has 1 aliphatic rings. The third-order valence-corrected chi connectivity index (χ3v) is 3.03. The number of nitrogens with zero attached hydrogens (tertiary/aromatic N) is 2. The topological polar surface area (TPSA) is 148 Å². The first-order chi connectivity index (χ1) is 8.61. The molecule has 0 bridgehead atoms. The SMILES string of the molecule is CC1CCCC(C)N1CCN=C(N)N.O=S(=O)([O-])[O-]. The van der Waals surface area contributed by atoms with Crippen LogP contribution in [-0.4, -0.2) is 53.6 Å². The zero-order chi connectivity index (χ0) is 15.1. The van der Waals surface area contributed by atoms with Crippen LogP contribution in [0.4, 0.5) is 0 Å². The summed E-state index contributed by atoms with van der Waals surface area (Å²) in [5, 5.41) is 0. The maximum Gasteiger partial charge on any atom is 0.185 e. The molecule has 4 N–H and O–H groups in total. The summed E-state index contributed by atoms with van der Waals surface area (Å²) in [5.74, 6) is 0.197. The van der Waals surface area contributed by atoms with Crippen LogP contribution in [0.15, 0.2) is 4.99 Å². The van der Waals surface area contributed by atoms with Crippen LogP contribution in [0.1, 0.15) is 33.1 Å². The molecule has 9 heteroatoms. The van der Waals surface area contributed by atoms with Gasteiger partial charge in [-0.05, 0) is 26.7 Å². The van der Waals surface area contributed by atoms with E-state index in [0.717, 1.165) is 13.1 Å². The summed E-state index contributed by atoms with van der Waals surface area (Å²) in [4.78, 5) is 6.51. The molecule has 0 aromatic rings. The van der Waals surface area contributed by atoms with Gasteiger partial charge in [-0.15, -0.1) is 0 Å². The monoisotopic (exact) mass is 294 g/mol. The lowest BCUT2D eigenvalue weighted by atomic mass is 9.98. The maximum absolute atomic E-state index is 8.52. The van der Waals surface area contributed by atoms with Crippen molar-refractivity contribution in [3.05, 3.63) is 0 Å². The quantitative estimate of drug-likeness (QED) is 0.299. The van der Waals surface area contributed by atoms with Crippen molar-refractivity contribution in [2.75, 3.05) is 13.1 Å². The Balaban J connectivity index is 0.000000555. The van der Waals surface area contributed by atoms with Gasteiger partial charge in [0.2, 0.25) is 0 Å². The van der Waals surface area contributed by atoms with Crippen molar-refractivity contribution < 1.29 is 17.5 Å². The van der Waals surface area contributed by atoms with Crippen molar-refractivity contribution in [3.8, 4) is 0 Å². The molecule has 0 radical (unpaired) electrons. The van der Waals surface area contributed by atoms with Gasteiger partial charge in [-0.1, -0.05) is 6.42 Å². The van der Waals surface area contributed by atoms with E-state index in [-0.39, 0.29) is 5.96 Å². The highest BCUT2D eigenvalue weighted by atomic mass is 32.3. The van der Waals surface area contributed by atoms with Crippen molar-refractivity contribution in [2.24, 2.45) is 16.5 Å². The van der Waals surface area contributed by atoms with Crippen LogP contribution in [0.5, 0.6) is 0 Å². The lowest BCUT2D eigenvalue weighted by Gasteiger charge is -2.38. The normalized spacial score (nSPS) is 24.2. The predicted octanol–water partition coefficient (Wildman–Crippen LogP) is -0.815. The lowest BCUT2D eigenvalue weighted by molar-refractivity contribution is 0.108. The molecular formula is C10H22N4O4S-2. The van der Waals surface area contributed by atoms with Crippen LogP contribution in [0, 0.1) is 0 Å². The molecule has 0 amide bonds. The van der Waals surface area contributed by atoms with Crippen LogP contribution >= 0.6 is 0 Å². The predicted molar refractivity (Wildman–Crippen MR) is 70.6 cm³/mol. The maximum atomic E-state index is 8.52. The number of nitrogens with two attached hydrogens (primary N) is 2. The third-order valence-electron chi connectivity index (χ3n) is 3.03. The lowest BCUT2D eigenvalue weighted by Crippen LogP contribution is -2.45. The van der Waals surface area contributed by atoms with Gasteiger partial charge in [-0.25, -0.2) is 0 Å². The first kappa shape index (κ1) is 18.1. The van der Waals surface area contributed by atoms with Crippen LogP contribution in [0.3, 0.4) is 0 Å². The number of piperidine rings is 1. The van der Waals surface area contributed by atoms with E-state index >= 15 is 0 Å². The molecule has 1 heterocycles. The zero-order valence-corrected chi connectivity index (χ0v) is 12.1. The minimum Gasteiger partial charge on any atom is -0.759 e. The van der Waals surface area contributed by atoms with E-state index in [1.807, 2.05) is 0 Å². The van der Waals surface area contributed by atoms with Gasteiger partial charge in [0, 0.05) is 29.0 Å². The Labute approximate surface area is 114 Å². The molecule has 1 fully saturated rings. The van der Waals surface area contributed by atoms with Gasteiger partial charge in [0.25, 0.3) is 0 Å². The smallest absolute Gasteiger partial charge is 0.185 e. The molecule has 2 atom stereocenters. The van der Waals surface area contributed by atoms with Crippen molar-refractivity contribution in [1.82, 2.24) is 4.90 Å². The number of hydrogen-bond acceptors (Lipinski definition) is 6. The summed E-state index contributed by atoms with van der Waals surface area (Å²) >= 11 is 0. The summed E-state index contributed by atoms with van der Waals surface area (Å²) in [5.41, 5.74) is 10.6. The van der Waals surface area contributed by atoms with Gasteiger partial charge in [-0.3, -0.25) is 18.3 Å². The summed E-state index contributed by atoms with van der Waals surface area (Å²) in [6.45, 7) is 6.26. The fourth-order valence-corrected chi connectivity index (χ4v) is 2.21. The van der Waals surface area contributed by atoms with Crippen LogP contribution in [0.25, 0.3) is 0 Å². The molecule has 2 unspecified atom stereocenters. The first-order valence-electron chi connectivity index (χ1n) is 6.09. The summed E-state index contributed by atoms with van der Waals surface area (Å²) in [6.07, 6.45) is 3.94. The molecule has 1 aliphatic heterocycles. The van der Waals surface area contributed by atoms with Gasteiger partial charge in [0.15, 0.2) is 5.96 Å². The molecule has 1 saturated heterocycles. The van der Waals surface area contributed by atoms with E-state index in [4.69, 9.17) is 29.0 Å². The van der Waals surface area contributed by atoms with Gasteiger partial charge in [-0.2, -0.15) is 0 Å². The van der Waals surface area contributed by atoms with Crippen LogP contribution < -0.4 is 11.5 Å². The van der Waals surface area contributed by atoms with E-state index in [0.29, 0.717) is 12.1 Å². The average molecular weight is 294 g/mol. The van der Waals surface area contributed by atoms with Gasteiger partial charge in [0.05, 0.1) is 6.54 Å². The highest BCUT2D eigenvalue weighted by Crippen LogP contribution is 2.21. The Bertz CT molecular complexity index is 363. The second kappa shape index (κ2) is 8.31. The standard InChI is InChI=1S/C10H22N4.H2O4S/c1-8-4-3-5-9(2)14(8)7-6-13-10(11)12;1-5(2,3)4/h8-9H,3-7H2,1-2H3,(H4,11,12,13);(H2,1,2,3,4)/p-2. The molecule has 0 saturated carbocycles. The van der Waals surface area contributed by atoms with E-state index in [1.54, 1.807) is 0 Å². The Morgan fingerprint density at radius 1 is 1.26 bits per heavy atom. The molecule has 0 aromatic carbocycles. The van der Waals surface area contributed by atoms with E-state index in [9.17, 15) is 0 Å². The van der Waals surface area contributed by atoms with Crippen LogP contribution in [-0.2, 0) is 10.4 Å². The van der Waals surface area contributed by atoms with E-state index in [1.165, 1.54) is 19.3 Å². The fourth-order valence-electron chi connectivity index (χ4n) is 2.21. The first-order valence-corrected chi connectivity index (χ1v) is 7.42. The average Bonchev–Trinajstić information content (AvgIpc) is 2.19. The summed E-state index contributed by atoms with van der Waals surface area (Å²) in [6, 6.07) is 1.35. The second-order valence-electron chi connectivity index (χ2n) is 4.58. The minimum atomic E-state index is -5.17. The molecule has 0 aliphatic carbocycles. The van der Waals surface area contributed by atoms with Gasteiger partial charge < -0.3 is 20.6 Å². The number of likely N-dealkylation sites (tertiary alicyclic amines) is 1. The van der Waals surface area contributed by atoms with Crippen molar-refractivity contribution >= 4 is 16.4 Å². The Hall–Kier alpha value is -0.900. The third kappa shape index (κ3) is 10.7. The molecular weight excluding hydrogens is 272 g/mol. The van der Waals surface area contributed by atoms with Crippen molar-refractivity contribution in [3.63, 3.8) is 0 Å². The Morgan fingerprint density at radius 2 is 1.68 bits per heavy atom. The second-order valence-corrected chi connectivity index (χ2v) is 5.40. The highest BCUT2D eigenvalue weighted by Gasteiger charge is 2.23. The van der Waals surface area contributed by atoms with E-state index < -0.39 is 10.4 Å². The molecule has 1 rings (SSSR count). The van der Waals surface area contributed by atoms with E-state index in [2.05, 4.69) is 23.7 Å². The molecule has 0 aromatic heterocycles. The zero-order valence-electron chi connectivity index (χ0n) is 11.3. The summed E-state index contributed by atoms with van der Waals surface area (Å²) in [7, 11) is -5.17. The Kier molecular flexibility index (Phi) is 7.91. The number of hydrogen-bond donors (Lipinski definition) is 2. The number of aliphatic imine (C=N–C) groups is 1. The van der Waals surface area contributed by atoms with Crippen molar-refractivity contribution in [1.29, 1.82) is 0 Å². The van der Waals surface area contributed by atoms with Crippen LogP contribution in [0.2, 0.25) is 0 Å². The van der Waals surface area contributed by atoms with Gasteiger partial charge in [0.1, 0.15) is 0 Å². The van der Waals surface area contributed by atoms with Crippen molar-refractivity contribution in [2.45, 2.75) is 45.2 Å². The fraction of sp³-hybridized carbons (Fsp3) is 0.900.